The third kappa shape index (κ3) is 3.15. The van der Waals surface area contributed by atoms with Crippen molar-refractivity contribution in [3.05, 3.63) is 22.5 Å². The van der Waals surface area contributed by atoms with Gasteiger partial charge in [0, 0.05) is 19.7 Å². The molecule has 1 heterocycles. The molecule has 7 heteroatoms. The highest BCUT2D eigenvalue weighted by Crippen LogP contribution is 1.98. The van der Waals surface area contributed by atoms with Crippen molar-refractivity contribution in [2.24, 2.45) is 5.73 Å². The van der Waals surface area contributed by atoms with Crippen LogP contribution in [0.4, 0.5) is 5.82 Å². The molecule has 0 aliphatic rings. The van der Waals surface area contributed by atoms with Gasteiger partial charge in [0.15, 0.2) is 5.82 Å². The van der Waals surface area contributed by atoms with E-state index in [-0.39, 0.29) is 17.9 Å². The van der Waals surface area contributed by atoms with E-state index in [1.165, 1.54) is 19.2 Å². The summed E-state index contributed by atoms with van der Waals surface area (Å²) < 4.78 is 4.82. The topological polar surface area (TPSA) is 110 Å². The number of rotatable bonds is 4. The van der Waals surface area contributed by atoms with Gasteiger partial charge < -0.3 is 15.8 Å². The number of carbonyl (C=O) groups excluding carboxylic acids is 1. The number of hydrogen-bond donors (Lipinski definition) is 3. The van der Waals surface area contributed by atoms with E-state index >= 15 is 0 Å². The van der Waals surface area contributed by atoms with Gasteiger partial charge in [0.2, 0.25) is 0 Å². The summed E-state index contributed by atoms with van der Waals surface area (Å²) in [7, 11) is 1.39. The van der Waals surface area contributed by atoms with E-state index in [2.05, 4.69) is 15.5 Å². The number of nitrogens with one attached hydrogen (secondary N) is 2. The van der Waals surface area contributed by atoms with Crippen LogP contribution in [0, 0.1) is 0 Å². The van der Waals surface area contributed by atoms with Gasteiger partial charge in [-0.25, -0.2) is 5.10 Å². The number of carbonyl (C=O) groups is 1. The molecule has 0 bridgehead atoms. The van der Waals surface area contributed by atoms with Crippen molar-refractivity contribution in [2.75, 3.05) is 19.0 Å². The fourth-order valence-corrected chi connectivity index (χ4v) is 0.931. The predicted molar refractivity (Wildman–Crippen MR) is 53.3 cm³/mol. The summed E-state index contributed by atoms with van der Waals surface area (Å²) in [6.45, 7) is 0.0751. The largest absolute Gasteiger partial charge is 0.370 e. The normalized spacial score (nSPS) is 12.1. The molecular weight excluding hydrogens is 200 g/mol. The van der Waals surface area contributed by atoms with Crippen molar-refractivity contribution in [1.82, 2.24) is 10.2 Å². The Morgan fingerprint density at radius 2 is 2.47 bits per heavy atom. The second-order valence-electron chi connectivity index (χ2n) is 2.76. The molecule has 0 saturated heterocycles. The van der Waals surface area contributed by atoms with Gasteiger partial charge in [-0.15, -0.1) is 0 Å². The number of H-pyrrole nitrogens is 1. The Labute approximate surface area is 85.6 Å². The van der Waals surface area contributed by atoms with E-state index in [0.717, 1.165) is 0 Å². The second kappa shape index (κ2) is 5.23. The minimum Gasteiger partial charge on any atom is -0.370 e. The van der Waals surface area contributed by atoms with Gasteiger partial charge in [0.05, 0.1) is 0 Å². The van der Waals surface area contributed by atoms with Crippen LogP contribution in [-0.2, 0) is 9.53 Å². The molecule has 0 aliphatic heterocycles. The first-order chi connectivity index (χ1) is 7.17. The van der Waals surface area contributed by atoms with Gasteiger partial charge in [0.1, 0.15) is 6.10 Å². The molecule has 0 aromatic carbocycles. The lowest BCUT2D eigenvalue weighted by Gasteiger charge is -2.11. The van der Waals surface area contributed by atoms with Crippen LogP contribution in [-0.4, -0.2) is 35.9 Å². The highest BCUT2D eigenvalue weighted by atomic mass is 16.5. The Balaban J connectivity index is 2.65. The summed E-state index contributed by atoms with van der Waals surface area (Å²) in [4.78, 5) is 22.1. The summed E-state index contributed by atoms with van der Waals surface area (Å²) in [6, 6.07) is 2.65. The van der Waals surface area contributed by atoms with Crippen molar-refractivity contribution >= 4 is 11.7 Å². The molecule has 1 unspecified atom stereocenters. The van der Waals surface area contributed by atoms with Gasteiger partial charge in [-0.05, 0) is 6.07 Å². The van der Waals surface area contributed by atoms with Crippen molar-refractivity contribution < 1.29 is 9.53 Å². The summed E-state index contributed by atoms with van der Waals surface area (Å²) >= 11 is 0. The number of nitrogens with two attached hydrogens (primary N) is 1. The zero-order valence-corrected chi connectivity index (χ0v) is 8.19. The number of ether oxygens (including phenoxy) is 1. The number of aromatic amines is 1. The van der Waals surface area contributed by atoms with Crippen LogP contribution < -0.4 is 16.6 Å². The molecule has 0 radical (unpaired) electrons. The Kier molecular flexibility index (Phi) is 3.95. The first kappa shape index (κ1) is 11.3. The maximum atomic E-state index is 11.4. The summed E-state index contributed by atoms with van der Waals surface area (Å²) in [6.07, 6.45) is -0.723. The van der Waals surface area contributed by atoms with Gasteiger partial charge in [-0.2, -0.15) is 5.10 Å². The monoisotopic (exact) mass is 212 g/mol. The van der Waals surface area contributed by atoms with Gasteiger partial charge >= 0.3 is 0 Å². The zero-order chi connectivity index (χ0) is 11.3. The van der Waals surface area contributed by atoms with E-state index < -0.39 is 12.0 Å². The van der Waals surface area contributed by atoms with Crippen molar-refractivity contribution in [3.63, 3.8) is 0 Å². The molecule has 0 saturated carbocycles. The van der Waals surface area contributed by atoms with E-state index in [1.807, 2.05) is 0 Å². The first-order valence-electron chi connectivity index (χ1n) is 4.27. The summed E-state index contributed by atoms with van der Waals surface area (Å²) in [5.41, 5.74) is 4.96. The number of amides is 1. The standard InChI is InChI=1S/C8H12N4O3/c1-15-5(4-9)8(14)10-6-2-3-7(13)12-11-6/h2-3,5H,4,9H2,1H3,(H,12,13)(H,10,11,14). The average Bonchev–Trinajstić information content (AvgIpc) is 2.23. The van der Waals surface area contributed by atoms with Gasteiger partial charge in [-0.3, -0.25) is 9.59 Å². The number of nitrogens with zero attached hydrogens (tertiary/aromatic N) is 1. The third-order valence-corrected chi connectivity index (χ3v) is 1.72. The molecule has 1 atom stereocenters. The van der Waals surface area contributed by atoms with Crippen LogP contribution in [0.2, 0.25) is 0 Å². The van der Waals surface area contributed by atoms with Gasteiger partial charge in [0.25, 0.3) is 11.5 Å². The van der Waals surface area contributed by atoms with Crippen LogP contribution in [0.25, 0.3) is 0 Å². The lowest BCUT2D eigenvalue weighted by atomic mass is 10.3. The maximum Gasteiger partial charge on any atom is 0.264 e. The summed E-state index contributed by atoms with van der Waals surface area (Å²) in [5.74, 6) is -0.158. The molecular formula is C8H12N4O3. The van der Waals surface area contributed by atoms with Crippen molar-refractivity contribution in [1.29, 1.82) is 0 Å². The predicted octanol–water partition coefficient (Wildman–Crippen LogP) is -1.32. The number of aromatic nitrogens is 2. The lowest BCUT2D eigenvalue weighted by Crippen LogP contribution is -2.36. The fourth-order valence-electron chi connectivity index (χ4n) is 0.931. The fraction of sp³-hybridized carbons (Fsp3) is 0.375. The third-order valence-electron chi connectivity index (χ3n) is 1.72. The number of anilines is 1. The number of hydrogen-bond acceptors (Lipinski definition) is 5. The smallest absolute Gasteiger partial charge is 0.264 e. The lowest BCUT2D eigenvalue weighted by molar-refractivity contribution is -0.125. The highest BCUT2D eigenvalue weighted by molar-refractivity contribution is 5.93. The average molecular weight is 212 g/mol. The van der Waals surface area contributed by atoms with Gasteiger partial charge in [-0.1, -0.05) is 0 Å². The van der Waals surface area contributed by atoms with Crippen LogP contribution in [0.3, 0.4) is 0 Å². The maximum absolute atomic E-state index is 11.4. The molecule has 15 heavy (non-hydrogen) atoms. The van der Waals surface area contributed by atoms with Crippen molar-refractivity contribution in [3.8, 4) is 0 Å². The SMILES string of the molecule is COC(CN)C(=O)Nc1ccc(=O)[nH]n1. The van der Waals surface area contributed by atoms with E-state index in [4.69, 9.17) is 10.5 Å². The summed E-state index contributed by atoms with van der Waals surface area (Å²) in [5, 5.41) is 8.24. The molecule has 4 N–H and O–H groups in total. The van der Waals surface area contributed by atoms with Crippen molar-refractivity contribution in [2.45, 2.75) is 6.10 Å². The molecule has 1 aromatic heterocycles. The molecule has 0 spiro atoms. The highest BCUT2D eigenvalue weighted by Gasteiger charge is 2.15. The Hall–Kier alpha value is -1.73. The second-order valence-corrected chi connectivity index (χ2v) is 2.76. The Morgan fingerprint density at radius 3 is 2.93 bits per heavy atom. The molecule has 1 rings (SSSR count). The van der Waals surface area contributed by atoms with E-state index in [9.17, 15) is 9.59 Å². The van der Waals surface area contributed by atoms with Crippen LogP contribution in [0.1, 0.15) is 0 Å². The molecule has 7 nitrogen and oxygen atoms in total. The van der Waals surface area contributed by atoms with Crippen LogP contribution >= 0.6 is 0 Å². The van der Waals surface area contributed by atoms with Crippen LogP contribution in [0.15, 0.2) is 16.9 Å². The minimum absolute atomic E-state index is 0.0751. The minimum atomic E-state index is -0.723. The Bertz CT molecular complexity index is 365. The molecule has 82 valence electrons. The Morgan fingerprint density at radius 1 is 1.73 bits per heavy atom. The molecule has 0 fully saturated rings. The first-order valence-corrected chi connectivity index (χ1v) is 4.27. The molecule has 1 amide bonds. The quantitative estimate of drug-likeness (QED) is 0.573. The van der Waals surface area contributed by atoms with E-state index in [0.29, 0.717) is 0 Å². The number of methoxy groups -OCH3 is 1. The molecule has 0 aliphatic carbocycles. The molecule has 1 aromatic rings. The zero-order valence-electron chi connectivity index (χ0n) is 8.19. The van der Waals surface area contributed by atoms with Crippen LogP contribution in [0.5, 0.6) is 0 Å². The van der Waals surface area contributed by atoms with E-state index in [1.54, 1.807) is 0 Å².